The van der Waals surface area contributed by atoms with Crippen molar-refractivity contribution in [1.29, 1.82) is 0 Å². The van der Waals surface area contributed by atoms with Gasteiger partial charge in [0.1, 0.15) is 0 Å². The summed E-state index contributed by atoms with van der Waals surface area (Å²) in [6.07, 6.45) is 1.13. The molecule has 3 heterocycles. The number of piperazine rings is 1. The molecule has 1 amide bonds. The van der Waals surface area contributed by atoms with Crippen LogP contribution in [0.25, 0.3) is 0 Å². The molecule has 5 heteroatoms. The van der Waals surface area contributed by atoms with Crippen LogP contribution in [0, 0.1) is 0 Å². The highest BCUT2D eigenvalue weighted by atomic mass is 32.1. The zero-order valence-corrected chi connectivity index (χ0v) is 12.9. The zero-order chi connectivity index (χ0) is 13.9. The van der Waals surface area contributed by atoms with E-state index in [1.165, 1.54) is 4.88 Å². The van der Waals surface area contributed by atoms with E-state index in [4.69, 9.17) is 0 Å². The Bertz CT molecular complexity index is 442. The van der Waals surface area contributed by atoms with Crippen LogP contribution in [0.2, 0.25) is 0 Å². The van der Waals surface area contributed by atoms with Crippen LogP contribution in [0.5, 0.6) is 0 Å². The van der Waals surface area contributed by atoms with E-state index in [1.54, 1.807) is 11.3 Å². The van der Waals surface area contributed by atoms with E-state index >= 15 is 0 Å². The molecule has 3 rings (SSSR count). The lowest BCUT2D eigenvalue weighted by Crippen LogP contribution is -2.49. The first-order valence-corrected chi connectivity index (χ1v) is 8.40. The Hall–Kier alpha value is -0.910. The highest BCUT2D eigenvalue weighted by Crippen LogP contribution is 2.25. The van der Waals surface area contributed by atoms with Crippen LogP contribution in [0.3, 0.4) is 0 Å². The molecule has 2 saturated heterocycles. The van der Waals surface area contributed by atoms with Gasteiger partial charge in [-0.05, 0) is 24.8 Å². The molecule has 1 N–H and O–H groups in total. The third-order valence-corrected chi connectivity index (χ3v) is 5.54. The Morgan fingerprint density at radius 1 is 1.40 bits per heavy atom. The number of hydrogen-bond acceptors (Lipinski definition) is 4. The topological polar surface area (TPSA) is 35.6 Å². The Morgan fingerprint density at radius 2 is 2.20 bits per heavy atom. The average molecular weight is 293 g/mol. The maximum absolute atomic E-state index is 12.6. The smallest absolute Gasteiger partial charge is 0.230 e. The molecule has 0 spiro atoms. The van der Waals surface area contributed by atoms with E-state index in [0.717, 1.165) is 45.7 Å². The summed E-state index contributed by atoms with van der Waals surface area (Å²) in [4.78, 5) is 18.4. The van der Waals surface area contributed by atoms with Gasteiger partial charge in [0.25, 0.3) is 0 Å². The minimum absolute atomic E-state index is 0.0109. The summed E-state index contributed by atoms with van der Waals surface area (Å²) < 4.78 is 0. The maximum atomic E-state index is 12.6. The molecule has 0 aliphatic carbocycles. The van der Waals surface area contributed by atoms with Crippen LogP contribution in [-0.2, 0) is 4.79 Å². The van der Waals surface area contributed by atoms with Crippen LogP contribution >= 0.6 is 11.3 Å². The van der Waals surface area contributed by atoms with Gasteiger partial charge in [-0.2, -0.15) is 0 Å². The fourth-order valence-electron chi connectivity index (χ4n) is 3.22. The number of hydrogen-bond donors (Lipinski definition) is 1. The molecule has 2 unspecified atom stereocenters. The second-order valence-electron chi connectivity index (χ2n) is 5.75. The van der Waals surface area contributed by atoms with E-state index in [2.05, 4.69) is 21.2 Å². The van der Waals surface area contributed by atoms with Crippen LogP contribution in [0.1, 0.15) is 24.1 Å². The number of nitrogens with one attached hydrogen (secondary N) is 1. The van der Waals surface area contributed by atoms with Crippen molar-refractivity contribution in [1.82, 2.24) is 15.1 Å². The van der Waals surface area contributed by atoms with Gasteiger partial charge in [-0.1, -0.05) is 6.07 Å². The monoisotopic (exact) mass is 293 g/mol. The minimum atomic E-state index is 0.0109. The van der Waals surface area contributed by atoms with Gasteiger partial charge in [0, 0.05) is 50.2 Å². The summed E-state index contributed by atoms with van der Waals surface area (Å²) in [6.45, 7) is 8.26. The van der Waals surface area contributed by atoms with Gasteiger partial charge in [0.15, 0.2) is 0 Å². The lowest BCUT2D eigenvalue weighted by Gasteiger charge is -2.32. The van der Waals surface area contributed by atoms with Gasteiger partial charge in [-0.3, -0.25) is 9.69 Å². The van der Waals surface area contributed by atoms with Crippen molar-refractivity contribution in [3.05, 3.63) is 22.4 Å². The number of carbonyl (C=O) groups is 1. The fraction of sp³-hybridized carbons (Fsp3) is 0.667. The van der Waals surface area contributed by atoms with E-state index in [1.807, 2.05) is 18.4 Å². The van der Waals surface area contributed by atoms with Crippen molar-refractivity contribution in [3.63, 3.8) is 0 Å². The summed E-state index contributed by atoms with van der Waals surface area (Å²) in [5, 5.41) is 5.44. The van der Waals surface area contributed by atoms with Crippen molar-refractivity contribution >= 4 is 17.2 Å². The van der Waals surface area contributed by atoms with E-state index in [0.29, 0.717) is 11.9 Å². The summed E-state index contributed by atoms with van der Waals surface area (Å²) in [7, 11) is 0. The molecule has 110 valence electrons. The van der Waals surface area contributed by atoms with Gasteiger partial charge < -0.3 is 10.2 Å². The summed E-state index contributed by atoms with van der Waals surface area (Å²) in [5.74, 6) is 0.307. The molecule has 2 aliphatic heterocycles. The fourth-order valence-corrected chi connectivity index (χ4v) is 4.00. The van der Waals surface area contributed by atoms with Crippen molar-refractivity contribution < 1.29 is 4.79 Å². The van der Waals surface area contributed by atoms with Crippen LogP contribution < -0.4 is 5.32 Å². The predicted molar refractivity (Wildman–Crippen MR) is 82.2 cm³/mol. The van der Waals surface area contributed by atoms with Gasteiger partial charge in [0.05, 0.1) is 5.92 Å². The molecule has 20 heavy (non-hydrogen) atoms. The zero-order valence-electron chi connectivity index (χ0n) is 12.0. The van der Waals surface area contributed by atoms with Crippen molar-refractivity contribution in [3.8, 4) is 0 Å². The van der Waals surface area contributed by atoms with E-state index < -0.39 is 0 Å². The lowest BCUT2D eigenvalue weighted by molar-refractivity contribution is -0.131. The summed E-state index contributed by atoms with van der Waals surface area (Å²) >= 11 is 1.68. The van der Waals surface area contributed by atoms with E-state index in [9.17, 15) is 4.79 Å². The molecular formula is C15H23N3OS. The Kier molecular flexibility index (Phi) is 4.38. The molecule has 4 nitrogen and oxygen atoms in total. The number of rotatable bonds is 3. The largest absolute Gasteiger partial charge is 0.341 e. The van der Waals surface area contributed by atoms with Gasteiger partial charge in [-0.25, -0.2) is 0 Å². The molecule has 2 fully saturated rings. The normalized spacial score (nSPS) is 25.9. The molecular weight excluding hydrogens is 270 g/mol. The number of likely N-dealkylation sites (tertiary alicyclic amines) is 1. The SMILES string of the molecule is CC(C(=O)N1CCC(N2CCNCC2)C1)c1cccs1. The van der Waals surface area contributed by atoms with Gasteiger partial charge in [-0.15, -0.1) is 11.3 Å². The highest BCUT2D eigenvalue weighted by Gasteiger charge is 2.33. The molecule has 0 aromatic carbocycles. The van der Waals surface area contributed by atoms with Crippen LogP contribution in [-0.4, -0.2) is 61.0 Å². The molecule has 0 bridgehead atoms. The van der Waals surface area contributed by atoms with Crippen molar-refractivity contribution in [2.45, 2.75) is 25.3 Å². The molecule has 0 saturated carbocycles. The Morgan fingerprint density at radius 3 is 2.90 bits per heavy atom. The second-order valence-corrected chi connectivity index (χ2v) is 6.73. The first-order chi connectivity index (χ1) is 9.75. The third kappa shape index (κ3) is 2.90. The second kappa shape index (κ2) is 6.24. The molecule has 2 atom stereocenters. The van der Waals surface area contributed by atoms with E-state index in [-0.39, 0.29) is 5.92 Å². The first kappa shape index (κ1) is 14.0. The average Bonchev–Trinajstić information content (AvgIpc) is 3.18. The number of carbonyl (C=O) groups excluding carboxylic acids is 1. The number of thiophene rings is 1. The van der Waals surface area contributed by atoms with Gasteiger partial charge >= 0.3 is 0 Å². The maximum Gasteiger partial charge on any atom is 0.230 e. The molecule has 1 aromatic heterocycles. The van der Waals surface area contributed by atoms with Crippen LogP contribution in [0.4, 0.5) is 0 Å². The Balaban J connectivity index is 1.57. The van der Waals surface area contributed by atoms with Gasteiger partial charge in [0.2, 0.25) is 5.91 Å². The first-order valence-electron chi connectivity index (χ1n) is 7.52. The number of amides is 1. The number of nitrogens with zero attached hydrogens (tertiary/aromatic N) is 2. The van der Waals surface area contributed by atoms with Crippen molar-refractivity contribution in [2.24, 2.45) is 0 Å². The lowest BCUT2D eigenvalue weighted by atomic mass is 10.1. The summed E-state index contributed by atoms with van der Waals surface area (Å²) in [6, 6.07) is 4.66. The third-order valence-electron chi connectivity index (χ3n) is 4.48. The molecule has 1 aromatic rings. The quantitative estimate of drug-likeness (QED) is 0.914. The predicted octanol–water partition coefficient (Wildman–Crippen LogP) is 1.36. The van der Waals surface area contributed by atoms with Crippen LogP contribution in [0.15, 0.2) is 17.5 Å². The standard InChI is InChI=1S/C15H23N3OS/c1-12(14-3-2-10-20-14)15(19)18-7-4-13(11-18)17-8-5-16-6-9-17/h2-3,10,12-13,16H,4-9,11H2,1H3. The Labute approximate surface area is 124 Å². The molecule has 2 aliphatic rings. The van der Waals surface area contributed by atoms with Crippen molar-refractivity contribution in [2.75, 3.05) is 39.3 Å². The summed E-state index contributed by atoms with van der Waals surface area (Å²) in [5.41, 5.74) is 0. The molecule has 0 radical (unpaired) electrons. The minimum Gasteiger partial charge on any atom is -0.341 e. The highest BCUT2D eigenvalue weighted by molar-refractivity contribution is 7.10.